The first kappa shape index (κ1) is 9.97. The van der Waals surface area contributed by atoms with Crippen LogP contribution in [0.2, 0.25) is 0 Å². The van der Waals surface area contributed by atoms with Crippen LogP contribution in [0.25, 0.3) is 0 Å². The lowest BCUT2D eigenvalue weighted by atomic mass is 10.1. The summed E-state index contributed by atoms with van der Waals surface area (Å²) in [6, 6.07) is 6.09. The molecule has 0 saturated carbocycles. The topological polar surface area (TPSA) is 12.9 Å². The van der Waals surface area contributed by atoms with Crippen molar-refractivity contribution in [2.24, 2.45) is 0 Å². The average Bonchev–Trinajstić information content (AvgIpc) is 2.19. The van der Waals surface area contributed by atoms with E-state index in [4.69, 9.17) is 0 Å². The number of aromatic nitrogens is 1. The number of unbranched alkanes of at least 4 members (excludes halogenated alkanes) is 1. The van der Waals surface area contributed by atoms with E-state index in [0.717, 1.165) is 12.8 Å². The van der Waals surface area contributed by atoms with E-state index in [-0.39, 0.29) is 0 Å². The molecule has 1 heteroatoms. The lowest BCUT2D eigenvalue weighted by Crippen LogP contribution is -1.87. The van der Waals surface area contributed by atoms with Crippen LogP contribution < -0.4 is 0 Å². The molecule has 13 heavy (non-hydrogen) atoms. The fourth-order valence-corrected chi connectivity index (χ4v) is 1.23. The molecule has 1 nitrogen and oxygen atoms in total. The van der Waals surface area contributed by atoms with Gasteiger partial charge in [0.1, 0.15) is 0 Å². The first-order chi connectivity index (χ1) is 6.43. The Morgan fingerprint density at radius 3 is 2.92 bits per heavy atom. The van der Waals surface area contributed by atoms with Crippen LogP contribution in [-0.2, 0) is 6.42 Å². The van der Waals surface area contributed by atoms with Crippen molar-refractivity contribution in [3.05, 3.63) is 42.2 Å². The molecule has 0 N–H and O–H groups in total. The van der Waals surface area contributed by atoms with Crippen LogP contribution in [0, 0.1) is 0 Å². The molecule has 1 rings (SSSR count). The van der Waals surface area contributed by atoms with E-state index in [9.17, 15) is 0 Å². The molecule has 0 aliphatic carbocycles. The summed E-state index contributed by atoms with van der Waals surface area (Å²) in [7, 11) is 0. The average molecular weight is 175 g/mol. The molecule has 1 heterocycles. The molecule has 0 bridgehead atoms. The molecule has 0 aliphatic rings. The van der Waals surface area contributed by atoms with Crippen molar-refractivity contribution in [2.75, 3.05) is 0 Å². The lowest BCUT2D eigenvalue weighted by Gasteiger charge is -1.96. The second kappa shape index (κ2) is 6.41. The van der Waals surface area contributed by atoms with Crippen molar-refractivity contribution in [3.63, 3.8) is 0 Å². The lowest BCUT2D eigenvalue weighted by molar-refractivity contribution is 0.816. The minimum Gasteiger partial charge on any atom is -0.261 e. The van der Waals surface area contributed by atoms with Gasteiger partial charge in [0.2, 0.25) is 0 Å². The summed E-state index contributed by atoms with van der Waals surface area (Å²) >= 11 is 0. The van der Waals surface area contributed by atoms with Crippen LogP contribution in [-0.4, -0.2) is 4.98 Å². The van der Waals surface area contributed by atoms with Crippen molar-refractivity contribution < 1.29 is 0 Å². The van der Waals surface area contributed by atoms with E-state index in [2.05, 4.69) is 30.1 Å². The van der Waals surface area contributed by atoms with Crippen molar-refractivity contribution in [3.8, 4) is 0 Å². The Hall–Kier alpha value is -1.11. The standard InChI is InChI=1S/C12H17N/c1-2-3-4-5-6-9-12-10-7-8-11-13-12/h3-4,7-8,10-11H,2,5-6,9H2,1H3/b4-3+. The highest BCUT2D eigenvalue weighted by atomic mass is 14.7. The number of allylic oxidation sites excluding steroid dienone is 2. The Morgan fingerprint density at radius 1 is 1.31 bits per heavy atom. The minimum absolute atomic E-state index is 1.09. The number of nitrogens with zero attached hydrogens (tertiary/aromatic N) is 1. The van der Waals surface area contributed by atoms with Gasteiger partial charge in [0.05, 0.1) is 0 Å². The van der Waals surface area contributed by atoms with Gasteiger partial charge in [-0.2, -0.15) is 0 Å². The van der Waals surface area contributed by atoms with Crippen LogP contribution in [0.3, 0.4) is 0 Å². The van der Waals surface area contributed by atoms with Crippen LogP contribution in [0.5, 0.6) is 0 Å². The molecule has 1 aromatic heterocycles. The van der Waals surface area contributed by atoms with Gasteiger partial charge in [-0.3, -0.25) is 4.98 Å². The molecule has 0 unspecified atom stereocenters. The van der Waals surface area contributed by atoms with Gasteiger partial charge in [0, 0.05) is 11.9 Å². The first-order valence-electron chi connectivity index (χ1n) is 4.98. The van der Waals surface area contributed by atoms with Crippen molar-refractivity contribution in [1.82, 2.24) is 4.98 Å². The Labute approximate surface area is 80.5 Å². The summed E-state index contributed by atoms with van der Waals surface area (Å²) in [4.78, 5) is 4.27. The summed E-state index contributed by atoms with van der Waals surface area (Å²) in [6.45, 7) is 2.16. The molecule has 70 valence electrons. The maximum Gasteiger partial charge on any atom is 0.0403 e. The highest BCUT2D eigenvalue weighted by Crippen LogP contribution is 2.01. The van der Waals surface area contributed by atoms with Crippen molar-refractivity contribution in [2.45, 2.75) is 32.6 Å². The zero-order chi connectivity index (χ0) is 9.36. The van der Waals surface area contributed by atoms with E-state index >= 15 is 0 Å². The molecule has 0 spiro atoms. The normalized spacial score (nSPS) is 10.8. The van der Waals surface area contributed by atoms with E-state index in [0.29, 0.717) is 0 Å². The number of hydrogen-bond donors (Lipinski definition) is 0. The zero-order valence-corrected chi connectivity index (χ0v) is 8.24. The van der Waals surface area contributed by atoms with Gasteiger partial charge < -0.3 is 0 Å². The van der Waals surface area contributed by atoms with Crippen LogP contribution >= 0.6 is 0 Å². The smallest absolute Gasteiger partial charge is 0.0403 e. The predicted octanol–water partition coefficient (Wildman–Crippen LogP) is 3.37. The van der Waals surface area contributed by atoms with E-state index in [1.165, 1.54) is 18.5 Å². The Balaban J connectivity index is 2.17. The second-order valence-corrected chi connectivity index (χ2v) is 3.09. The highest BCUT2D eigenvalue weighted by Gasteiger charge is 1.90. The number of hydrogen-bond acceptors (Lipinski definition) is 1. The summed E-state index contributed by atoms with van der Waals surface area (Å²) < 4.78 is 0. The van der Waals surface area contributed by atoms with Gasteiger partial charge in [-0.05, 0) is 37.8 Å². The summed E-state index contributed by atoms with van der Waals surface area (Å²) in [6.07, 6.45) is 10.9. The maximum absolute atomic E-state index is 4.27. The summed E-state index contributed by atoms with van der Waals surface area (Å²) in [5.41, 5.74) is 1.20. The van der Waals surface area contributed by atoms with Crippen molar-refractivity contribution >= 4 is 0 Å². The van der Waals surface area contributed by atoms with E-state index < -0.39 is 0 Å². The Morgan fingerprint density at radius 2 is 2.23 bits per heavy atom. The molecule has 0 radical (unpaired) electrons. The van der Waals surface area contributed by atoms with Gasteiger partial charge in [-0.25, -0.2) is 0 Å². The van der Waals surface area contributed by atoms with Crippen LogP contribution in [0.15, 0.2) is 36.5 Å². The molecular formula is C12H17N. The van der Waals surface area contributed by atoms with Crippen LogP contribution in [0.4, 0.5) is 0 Å². The number of pyridine rings is 1. The largest absolute Gasteiger partial charge is 0.261 e. The Kier molecular flexibility index (Phi) is 4.92. The summed E-state index contributed by atoms with van der Waals surface area (Å²) in [5, 5.41) is 0. The third kappa shape index (κ3) is 4.46. The fourth-order valence-electron chi connectivity index (χ4n) is 1.23. The van der Waals surface area contributed by atoms with Gasteiger partial charge >= 0.3 is 0 Å². The molecule has 0 saturated heterocycles. The van der Waals surface area contributed by atoms with Gasteiger partial charge in [-0.1, -0.05) is 25.1 Å². The fraction of sp³-hybridized carbons (Fsp3) is 0.417. The molecule has 0 amide bonds. The van der Waals surface area contributed by atoms with Gasteiger partial charge in [-0.15, -0.1) is 0 Å². The minimum atomic E-state index is 1.09. The first-order valence-corrected chi connectivity index (χ1v) is 4.98. The molecule has 0 aromatic carbocycles. The number of aryl methyl sites for hydroxylation is 1. The quantitative estimate of drug-likeness (QED) is 0.494. The van der Waals surface area contributed by atoms with Gasteiger partial charge in [0.25, 0.3) is 0 Å². The van der Waals surface area contributed by atoms with Crippen LogP contribution in [0.1, 0.15) is 31.9 Å². The summed E-state index contributed by atoms with van der Waals surface area (Å²) in [5.74, 6) is 0. The molecular weight excluding hydrogens is 158 g/mol. The van der Waals surface area contributed by atoms with Gasteiger partial charge in [0.15, 0.2) is 0 Å². The molecule has 0 atom stereocenters. The predicted molar refractivity (Wildman–Crippen MR) is 56.6 cm³/mol. The SMILES string of the molecule is CC/C=C/CCCc1ccccn1. The van der Waals surface area contributed by atoms with E-state index in [1.54, 1.807) is 0 Å². The third-order valence-corrected chi connectivity index (χ3v) is 1.93. The molecule has 0 aliphatic heterocycles. The maximum atomic E-state index is 4.27. The third-order valence-electron chi connectivity index (χ3n) is 1.93. The van der Waals surface area contributed by atoms with E-state index in [1.807, 2.05) is 18.3 Å². The number of rotatable bonds is 5. The molecule has 0 fully saturated rings. The highest BCUT2D eigenvalue weighted by molar-refractivity contribution is 5.03. The Bertz CT molecular complexity index is 239. The van der Waals surface area contributed by atoms with Crippen molar-refractivity contribution in [1.29, 1.82) is 0 Å². The molecule has 1 aromatic rings. The second-order valence-electron chi connectivity index (χ2n) is 3.09. The zero-order valence-electron chi connectivity index (χ0n) is 8.24. The monoisotopic (exact) mass is 175 g/mol.